The minimum Gasteiger partial charge on any atom is -0.358 e. The summed E-state index contributed by atoms with van der Waals surface area (Å²) in [7, 11) is 0. The third-order valence-corrected chi connectivity index (χ3v) is 3.75. The van der Waals surface area contributed by atoms with Crippen molar-refractivity contribution in [2.45, 2.75) is 130 Å². The van der Waals surface area contributed by atoms with Crippen LogP contribution < -0.4 is 0 Å². The summed E-state index contributed by atoms with van der Waals surface area (Å²) in [4.78, 5) is 0. The van der Waals surface area contributed by atoms with E-state index in [0.717, 1.165) is 6.42 Å². The molecule has 0 radical (unpaired) electrons. The van der Waals surface area contributed by atoms with Gasteiger partial charge in [0.05, 0.1) is 0 Å². The molecule has 0 saturated carbocycles. The SMILES string of the molecule is CC.CC.CC.CC.CC.CC.CCC.CCC.[CH3-].[CH3-].[Yb].[Yb].c1ccc(Cc2ccccc2)cc1.c1ccc2ccccc2c1. The zero-order valence-corrected chi connectivity index (χ0v) is 36.5. The molecule has 0 amide bonds. The van der Waals surface area contributed by atoms with Crippen LogP contribution in [0.4, 0.5) is 0 Å². The van der Waals surface area contributed by atoms with Gasteiger partial charge in [-0.05, 0) is 28.3 Å². The van der Waals surface area contributed by atoms with Gasteiger partial charge in [0.2, 0.25) is 0 Å². The Kier molecular flexibility index (Phi) is 118. The molecule has 4 rings (SSSR count). The first-order valence-electron chi connectivity index (χ1n) is 16.8. The molecule has 45 heavy (non-hydrogen) atoms. The van der Waals surface area contributed by atoms with Crippen molar-refractivity contribution in [1.82, 2.24) is 0 Å². The number of fused-ring (bicyclic) bond motifs is 1. The van der Waals surface area contributed by atoms with Crippen LogP contribution in [0.3, 0.4) is 0 Å². The average Bonchev–Trinajstić information content (AvgIpc) is 3.09. The molecule has 0 saturated heterocycles. The van der Waals surface area contributed by atoms with Crippen LogP contribution in [-0.4, -0.2) is 0 Å². The van der Waals surface area contributed by atoms with E-state index >= 15 is 0 Å². The van der Waals surface area contributed by atoms with Crippen molar-refractivity contribution in [3.63, 3.8) is 0 Å². The Bertz CT molecular complexity index is 770. The van der Waals surface area contributed by atoms with Crippen LogP contribution in [-0.2, 0) is 6.42 Å². The molecule has 0 aliphatic rings. The fraction of sp³-hybridized carbons (Fsp3) is 0.442. The van der Waals surface area contributed by atoms with E-state index in [1.807, 2.05) is 83.1 Å². The zero-order chi connectivity index (χ0) is 33.2. The Morgan fingerprint density at radius 2 is 0.467 bits per heavy atom. The first-order valence-corrected chi connectivity index (χ1v) is 16.8. The van der Waals surface area contributed by atoms with Crippen molar-refractivity contribution < 1.29 is 93.8 Å². The van der Waals surface area contributed by atoms with Crippen molar-refractivity contribution >= 4 is 10.8 Å². The second kappa shape index (κ2) is 74.8. The van der Waals surface area contributed by atoms with Crippen LogP contribution in [0.2, 0.25) is 0 Å². The van der Waals surface area contributed by atoms with E-state index in [9.17, 15) is 0 Å². The molecule has 0 fully saturated rings. The van der Waals surface area contributed by atoms with E-state index in [1.165, 1.54) is 34.7 Å². The van der Waals surface area contributed by atoms with Crippen molar-refractivity contribution in [1.29, 1.82) is 0 Å². The summed E-state index contributed by atoms with van der Waals surface area (Å²) in [5.74, 6) is 0. The molecular weight excluding hydrogens is 863 g/mol. The maximum absolute atomic E-state index is 2.16. The van der Waals surface area contributed by atoms with Gasteiger partial charge in [0.25, 0.3) is 0 Å². The van der Waals surface area contributed by atoms with Crippen LogP contribution in [0.15, 0.2) is 109 Å². The van der Waals surface area contributed by atoms with Crippen LogP contribution in [0.1, 0.15) is 135 Å². The first-order chi connectivity index (χ1) is 20.2. The second-order valence-corrected chi connectivity index (χ2v) is 6.91. The first kappa shape index (κ1) is 71.3. The van der Waals surface area contributed by atoms with Gasteiger partial charge in [-0.25, -0.2) is 0 Å². The molecule has 2 heteroatoms. The Morgan fingerprint density at radius 1 is 0.311 bits per heavy atom. The summed E-state index contributed by atoms with van der Waals surface area (Å²) in [6, 6.07) is 37.8. The Balaban J connectivity index is -0.0000000432. The van der Waals surface area contributed by atoms with Gasteiger partial charge < -0.3 is 14.9 Å². The maximum Gasteiger partial charge on any atom is 0 e. The predicted octanol–water partition coefficient (Wildman–Crippen LogP) is 16.0. The molecule has 0 N–H and O–H groups in total. The fourth-order valence-electron chi connectivity index (χ4n) is 2.56. The Labute approximate surface area is 364 Å². The molecule has 4 aromatic carbocycles. The molecule has 0 unspecified atom stereocenters. The summed E-state index contributed by atoms with van der Waals surface area (Å²) < 4.78 is 0. The summed E-state index contributed by atoms with van der Waals surface area (Å²) in [6.07, 6.45) is 3.53. The molecule has 0 spiro atoms. The van der Waals surface area contributed by atoms with E-state index in [0.29, 0.717) is 0 Å². The van der Waals surface area contributed by atoms with Crippen LogP contribution >= 0.6 is 0 Å². The molecule has 0 nitrogen and oxygen atoms in total. The summed E-state index contributed by atoms with van der Waals surface area (Å²) in [6.45, 7) is 32.5. The van der Waals surface area contributed by atoms with Gasteiger partial charge >= 0.3 is 0 Å². The van der Waals surface area contributed by atoms with Gasteiger partial charge in [0.1, 0.15) is 0 Å². The fourth-order valence-corrected chi connectivity index (χ4v) is 2.56. The molecule has 0 aliphatic heterocycles. The van der Waals surface area contributed by atoms with Gasteiger partial charge in [0, 0.05) is 93.8 Å². The summed E-state index contributed by atoms with van der Waals surface area (Å²) in [5, 5.41) is 2.62. The quantitative estimate of drug-likeness (QED) is 0.176. The van der Waals surface area contributed by atoms with Crippen molar-refractivity contribution in [2.75, 3.05) is 0 Å². The molecule has 4 aromatic rings. The topological polar surface area (TPSA) is 0 Å². The largest absolute Gasteiger partial charge is 0.358 e. The van der Waals surface area contributed by atoms with Gasteiger partial charge in [-0.3, -0.25) is 0 Å². The molecular formula is C43H78Yb2-2. The van der Waals surface area contributed by atoms with Crippen LogP contribution in [0, 0.1) is 109 Å². The van der Waals surface area contributed by atoms with Crippen molar-refractivity contribution in [2.24, 2.45) is 0 Å². The number of hydrogen-bond acceptors (Lipinski definition) is 0. The van der Waals surface area contributed by atoms with E-state index in [-0.39, 0.29) is 109 Å². The van der Waals surface area contributed by atoms with Crippen LogP contribution in [0.5, 0.6) is 0 Å². The Morgan fingerprint density at radius 3 is 0.644 bits per heavy atom. The monoisotopic (exact) mass is 942 g/mol. The normalized spacial score (nSPS) is 6.67. The number of hydrogen-bond donors (Lipinski definition) is 0. The van der Waals surface area contributed by atoms with E-state index < -0.39 is 0 Å². The smallest absolute Gasteiger partial charge is 0 e. The zero-order valence-electron chi connectivity index (χ0n) is 33.0. The summed E-state index contributed by atoms with van der Waals surface area (Å²) in [5.41, 5.74) is 2.74. The molecule has 280 valence electrons. The van der Waals surface area contributed by atoms with Crippen LogP contribution in [0.25, 0.3) is 10.8 Å². The molecule has 0 aromatic heterocycles. The van der Waals surface area contributed by atoms with E-state index in [4.69, 9.17) is 0 Å². The van der Waals surface area contributed by atoms with E-state index in [2.05, 4.69) is 137 Å². The number of rotatable bonds is 2. The second-order valence-electron chi connectivity index (χ2n) is 6.91. The third kappa shape index (κ3) is 53.9. The van der Waals surface area contributed by atoms with Gasteiger partial charge in [-0.2, -0.15) is 0 Å². The molecule has 0 bridgehead atoms. The van der Waals surface area contributed by atoms with Gasteiger partial charge in [-0.1, -0.05) is 233 Å². The minimum absolute atomic E-state index is 0. The molecule has 0 heterocycles. The van der Waals surface area contributed by atoms with Gasteiger partial charge in [0.15, 0.2) is 0 Å². The average molecular weight is 941 g/mol. The third-order valence-electron chi connectivity index (χ3n) is 3.75. The summed E-state index contributed by atoms with van der Waals surface area (Å²) >= 11 is 0. The predicted molar refractivity (Wildman–Crippen MR) is 212 cm³/mol. The van der Waals surface area contributed by atoms with Gasteiger partial charge in [-0.15, -0.1) is 0 Å². The minimum atomic E-state index is 0. The number of benzene rings is 4. The van der Waals surface area contributed by atoms with E-state index in [1.54, 1.807) is 0 Å². The molecule has 0 atom stereocenters. The maximum atomic E-state index is 2.16. The van der Waals surface area contributed by atoms with Crippen molar-refractivity contribution in [3.8, 4) is 0 Å². The standard InChI is InChI=1S/C13H12.C10H8.2C3H8.6C2H6.2CH3.2Yb/c1-3-7-12(8-4-1)11-13-9-5-2-6-10-13;1-2-6-10-8-4-3-7-9(10)5-1;2*1-3-2;6*1-2;;;;/h1-10H,11H2;1-8H;2*3H2,1-2H3;6*1-2H3;2*1H3;;/q;;;;;;;;;;2*-1;;. The Hall–Kier alpha value is 0.179. The van der Waals surface area contributed by atoms with Crippen molar-refractivity contribution in [3.05, 3.63) is 135 Å². The molecule has 0 aliphatic carbocycles.